The van der Waals surface area contributed by atoms with Crippen LogP contribution in [0, 0.1) is 0 Å². The Labute approximate surface area is 119 Å². The van der Waals surface area contributed by atoms with Crippen molar-refractivity contribution in [2.75, 3.05) is 25.4 Å². The highest BCUT2D eigenvalue weighted by Crippen LogP contribution is 2.28. The van der Waals surface area contributed by atoms with Crippen LogP contribution < -0.4 is 5.32 Å². The standard InChI is InChI=1S/C14H24N2O2S/c17-14(15-10-11-4-3-9-19-11)16-7-1-5-12(16)13-6-2-8-18-13/h11-13H,1-10H2,(H,15,17). The molecular weight excluding hydrogens is 260 g/mol. The fourth-order valence-electron chi connectivity index (χ4n) is 3.45. The number of nitrogens with one attached hydrogen (secondary N) is 1. The third kappa shape index (κ3) is 3.19. The largest absolute Gasteiger partial charge is 0.376 e. The molecular formula is C14H24N2O2S. The lowest BCUT2D eigenvalue weighted by Crippen LogP contribution is -2.48. The summed E-state index contributed by atoms with van der Waals surface area (Å²) in [7, 11) is 0. The van der Waals surface area contributed by atoms with Gasteiger partial charge in [0.15, 0.2) is 0 Å². The summed E-state index contributed by atoms with van der Waals surface area (Å²) in [5.74, 6) is 1.25. The minimum atomic E-state index is 0.130. The van der Waals surface area contributed by atoms with Crippen molar-refractivity contribution in [2.24, 2.45) is 0 Å². The molecule has 5 heteroatoms. The first-order chi connectivity index (χ1) is 9.34. The summed E-state index contributed by atoms with van der Waals surface area (Å²) in [4.78, 5) is 14.3. The predicted octanol–water partition coefficient (Wildman–Crippen LogP) is 2.24. The number of amides is 2. The molecule has 108 valence electrons. The smallest absolute Gasteiger partial charge is 0.317 e. The van der Waals surface area contributed by atoms with Crippen LogP contribution in [0.4, 0.5) is 4.79 Å². The third-order valence-corrected chi connectivity index (χ3v) is 5.86. The monoisotopic (exact) mass is 284 g/mol. The van der Waals surface area contributed by atoms with Crippen molar-refractivity contribution in [3.63, 3.8) is 0 Å². The second kappa shape index (κ2) is 6.35. The van der Waals surface area contributed by atoms with Gasteiger partial charge in [0.1, 0.15) is 0 Å². The van der Waals surface area contributed by atoms with Crippen LogP contribution in [-0.2, 0) is 4.74 Å². The summed E-state index contributed by atoms with van der Waals surface area (Å²) in [6.45, 7) is 2.60. The Morgan fingerprint density at radius 1 is 1.26 bits per heavy atom. The summed E-state index contributed by atoms with van der Waals surface area (Å²) >= 11 is 2.00. The summed E-state index contributed by atoms with van der Waals surface area (Å²) < 4.78 is 5.77. The van der Waals surface area contributed by atoms with E-state index >= 15 is 0 Å². The molecule has 0 aromatic carbocycles. The topological polar surface area (TPSA) is 41.6 Å². The Hall–Kier alpha value is -0.420. The van der Waals surface area contributed by atoms with Crippen LogP contribution in [0.25, 0.3) is 0 Å². The van der Waals surface area contributed by atoms with E-state index in [0.717, 1.165) is 45.4 Å². The lowest BCUT2D eigenvalue weighted by Gasteiger charge is -2.29. The molecule has 3 rings (SSSR count). The zero-order valence-corrected chi connectivity index (χ0v) is 12.3. The van der Waals surface area contributed by atoms with E-state index in [1.54, 1.807) is 0 Å². The Bertz CT molecular complexity index is 315. The van der Waals surface area contributed by atoms with Crippen LogP contribution in [-0.4, -0.2) is 53.8 Å². The highest BCUT2D eigenvalue weighted by atomic mass is 32.2. The van der Waals surface area contributed by atoms with Crippen molar-refractivity contribution in [1.29, 1.82) is 0 Å². The fourth-order valence-corrected chi connectivity index (χ4v) is 4.65. The van der Waals surface area contributed by atoms with Gasteiger partial charge in [0.05, 0.1) is 12.1 Å². The number of thioether (sulfide) groups is 1. The van der Waals surface area contributed by atoms with Crippen LogP contribution in [0.15, 0.2) is 0 Å². The van der Waals surface area contributed by atoms with Gasteiger partial charge in [-0.15, -0.1) is 0 Å². The molecule has 3 saturated heterocycles. The fraction of sp³-hybridized carbons (Fsp3) is 0.929. The molecule has 4 nitrogen and oxygen atoms in total. The second-order valence-corrected chi connectivity index (χ2v) is 7.18. The molecule has 3 aliphatic heterocycles. The number of hydrogen-bond acceptors (Lipinski definition) is 3. The van der Waals surface area contributed by atoms with Gasteiger partial charge >= 0.3 is 6.03 Å². The van der Waals surface area contributed by atoms with E-state index in [1.807, 2.05) is 16.7 Å². The summed E-state index contributed by atoms with van der Waals surface area (Å²) in [6.07, 6.45) is 7.33. The van der Waals surface area contributed by atoms with Gasteiger partial charge in [-0.25, -0.2) is 4.79 Å². The van der Waals surface area contributed by atoms with E-state index in [0.29, 0.717) is 11.3 Å². The van der Waals surface area contributed by atoms with E-state index in [2.05, 4.69) is 5.32 Å². The number of ether oxygens (including phenoxy) is 1. The molecule has 3 atom stereocenters. The Morgan fingerprint density at radius 2 is 2.21 bits per heavy atom. The van der Waals surface area contributed by atoms with Crippen molar-refractivity contribution in [3.05, 3.63) is 0 Å². The van der Waals surface area contributed by atoms with E-state index in [1.165, 1.54) is 18.6 Å². The van der Waals surface area contributed by atoms with Crippen LogP contribution in [0.5, 0.6) is 0 Å². The summed E-state index contributed by atoms with van der Waals surface area (Å²) in [6, 6.07) is 0.448. The van der Waals surface area contributed by atoms with Crippen molar-refractivity contribution >= 4 is 17.8 Å². The highest BCUT2D eigenvalue weighted by Gasteiger charge is 2.36. The first kappa shape index (κ1) is 13.6. The van der Waals surface area contributed by atoms with Gasteiger partial charge in [-0.1, -0.05) is 0 Å². The van der Waals surface area contributed by atoms with Crippen molar-refractivity contribution < 1.29 is 9.53 Å². The van der Waals surface area contributed by atoms with Gasteiger partial charge in [0, 0.05) is 24.9 Å². The van der Waals surface area contributed by atoms with Crippen LogP contribution in [0.3, 0.4) is 0 Å². The van der Waals surface area contributed by atoms with Gasteiger partial charge < -0.3 is 15.0 Å². The van der Waals surface area contributed by atoms with Gasteiger partial charge in [-0.2, -0.15) is 11.8 Å². The van der Waals surface area contributed by atoms with E-state index in [9.17, 15) is 4.79 Å². The highest BCUT2D eigenvalue weighted by molar-refractivity contribution is 8.00. The lowest BCUT2D eigenvalue weighted by atomic mass is 10.1. The van der Waals surface area contributed by atoms with Crippen molar-refractivity contribution in [1.82, 2.24) is 10.2 Å². The number of carbonyl (C=O) groups excluding carboxylic acids is 1. The molecule has 0 bridgehead atoms. The Morgan fingerprint density at radius 3 is 2.95 bits per heavy atom. The zero-order valence-electron chi connectivity index (χ0n) is 11.5. The van der Waals surface area contributed by atoms with Crippen LogP contribution in [0.2, 0.25) is 0 Å². The molecule has 3 aliphatic rings. The minimum Gasteiger partial charge on any atom is -0.376 e. The maximum atomic E-state index is 12.3. The maximum absolute atomic E-state index is 12.3. The second-order valence-electron chi connectivity index (χ2n) is 5.78. The third-order valence-electron chi connectivity index (χ3n) is 4.46. The molecule has 0 saturated carbocycles. The molecule has 3 unspecified atom stereocenters. The van der Waals surface area contributed by atoms with E-state index < -0.39 is 0 Å². The SMILES string of the molecule is O=C(NCC1CCCS1)N1CCCC1C1CCCO1. The number of nitrogens with zero attached hydrogens (tertiary/aromatic N) is 1. The summed E-state index contributed by atoms with van der Waals surface area (Å²) in [5.41, 5.74) is 0. The van der Waals surface area contributed by atoms with Crippen molar-refractivity contribution in [2.45, 2.75) is 55.9 Å². The molecule has 3 heterocycles. The van der Waals surface area contributed by atoms with Gasteiger partial charge in [0.25, 0.3) is 0 Å². The van der Waals surface area contributed by atoms with Gasteiger partial charge in [-0.05, 0) is 44.3 Å². The quantitative estimate of drug-likeness (QED) is 0.864. The first-order valence-electron chi connectivity index (χ1n) is 7.62. The average Bonchev–Trinajstić information content (AvgIpc) is 3.14. The number of rotatable bonds is 3. The molecule has 1 N–H and O–H groups in total. The molecule has 2 amide bonds. The summed E-state index contributed by atoms with van der Waals surface area (Å²) in [5, 5.41) is 3.76. The van der Waals surface area contributed by atoms with E-state index in [4.69, 9.17) is 4.74 Å². The molecule has 0 aromatic heterocycles. The number of carbonyl (C=O) groups is 1. The maximum Gasteiger partial charge on any atom is 0.317 e. The van der Waals surface area contributed by atoms with Crippen LogP contribution >= 0.6 is 11.8 Å². The molecule has 3 fully saturated rings. The van der Waals surface area contributed by atoms with Crippen LogP contribution in [0.1, 0.15) is 38.5 Å². The minimum absolute atomic E-state index is 0.130. The zero-order chi connectivity index (χ0) is 13.1. The Kier molecular flexibility index (Phi) is 4.53. The predicted molar refractivity (Wildman–Crippen MR) is 77.6 cm³/mol. The molecule has 0 spiro atoms. The molecule has 19 heavy (non-hydrogen) atoms. The normalized spacial score (nSPS) is 34.9. The average molecular weight is 284 g/mol. The van der Waals surface area contributed by atoms with Gasteiger partial charge in [-0.3, -0.25) is 0 Å². The first-order valence-corrected chi connectivity index (χ1v) is 8.67. The van der Waals surface area contributed by atoms with E-state index in [-0.39, 0.29) is 12.1 Å². The molecule has 0 aliphatic carbocycles. The molecule has 0 aromatic rings. The Balaban J connectivity index is 1.49. The number of urea groups is 1. The molecule has 0 radical (unpaired) electrons. The van der Waals surface area contributed by atoms with Crippen molar-refractivity contribution in [3.8, 4) is 0 Å². The number of hydrogen-bond donors (Lipinski definition) is 1. The lowest BCUT2D eigenvalue weighted by molar-refractivity contribution is 0.0521. The van der Waals surface area contributed by atoms with Gasteiger partial charge in [0.2, 0.25) is 0 Å². The number of likely N-dealkylation sites (tertiary alicyclic amines) is 1.